The zero-order chi connectivity index (χ0) is 15.0. The number of hydrogen-bond donors (Lipinski definition) is 2. The molecule has 1 aliphatic rings. The van der Waals surface area contributed by atoms with Crippen LogP contribution in [0.5, 0.6) is 0 Å². The molecule has 2 rings (SSSR count). The molecule has 1 fully saturated rings. The summed E-state index contributed by atoms with van der Waals surface area (Å²) in [5, 5.41) is 0. The topological polar surface area (TPSA) is 72.2 Å². The number of aryl methyl sites for hydroxylation is 2. The normalized spacial score (nSPS) is 26.4. The first-order chi connectivity index (χ1) is 9.31. The Bertz CT molecular complexity index is 586. The van der Waals surface area contributed by atoms with E-state index in [0.29, 0.717) is 11.4 Å². The number of thiophene rings is 1. The SMILES string of the molecule is Cc1cc(S(=O)(=O)NC2(CN)CCCCC2C)c(C)s1.Cl. The lowest BCUT2D eigenvalue weighted by Gasteiger charge is -2.42. The summed E-state index contributed by atoms with van der Waals surface area (Å²) in [7, 11) is -3.49. The third kappa shape index (κ3) is 3.79. The maximum Gasteiger partial charge on any atom is 0.242 e. The molecule has 1 aromatic rings. The largest absolute Gasteiger partial charge is 0.329 e. The minimum atomic E-state index is -3.49. The van der Waals surface area contributed by atoms with Crippen LogP contribution in [0.2, 0.25) is 0 Å². The predicted octanol–water partition coefficient (Wildman–Crippen LogP) is 2.97. The van der Waals surface area contributed by atoms with Crippen molar-refractivity contribution in [1.82, 2.24) is 4.72 Å². The van der Waals surface area contributed by atoms with Crippen LogP contribution in [-0.2, 0) is 10.0 Å². The van der Waals surface area contributed by atoms with Gasteiger partial charge in [-0.2, -0.15) is 0 Å². The Hall–Kier alpha value is -0.140. The lowest BCUT2D eigenvalue weighted by atomic mass is 9.74. The van der Waals surface area contributed by atoms with Crippen molar-refractivity contribution in [2.24, 2.45) is 11.7 Å². The Labute approximate surface area is 138 Å². The molecular formula is C14H25ClN2O2S2. The van der Waals surface area contributed by atoms with Crippen LogP contribution >= 0.6 is 23.7 Å². The molecule has 1 aromatic heterocycles. The van der Waals surface area contributed by atoms with E-state index in [1.807, 2.05) is 13.8 Å². The summed E-state index contributed by atoms with van der Waals surface area (Å²) < 4.78 is 28.3. The second-order valence-electron chi connectivity index (χ2n) is 5.89. The number of rotatable bonds is 4. The van der Waals surface area contributed by atoms with Crippen LogP contribution in [0, 0.1) is 19.8 Å². The Balaban J connectivity index is 0.00000220. The van der Waals surface area contributed by atoms with Crippen molar-refractivity contribution in [1.29, 1.82) is 0 Å². The van der Waals surface area contributed by atoms with Crippen molar-refractivity contribution in [3.05, 3.63) is 15.8 Å². The van der Waals surface area contributed by atoms with Gasteiger partial charge in [0.2, 0.25) is 10.0 Å². The highest BCUT2D eigenvalue weighted by Gasteiger charge is 2.41. The van der Waals surface area contributed by atoms with E-state index in [4.69, 9.17) is 5.73 Å². The first-order valence-electron chi connectivity index (χ1n) is 7.12. The van der Waals surface area contributed by atoms with Crippen molar-refractivity contribution >= 4 is 33.8 Å². The first-order valence-corrected chi connectivity index (χ1v) is 9.42. The van der Waals surface area contributed by atoms with Crippen molar-refractivity contribution < 1.29 is 8.42 Å². The van der Waals surface area contributed by atoms with E-state index in [0.717, 1.165) is 35.4 Å². The molecule has 0 aliphatic heterocycles. The second-order valence-corrected chi connectivity index (χ2v) is 9.00. The lowest BCUT2D eigenvalue weighted by Crippen LogP contribution is -2.58. The molecule has 0 bridgehead atoms. The lowest BCUT2D eigenvalue weighted by molar-refractivity contribution is 0.191. The van der Waals surface area contributed by atoms with Crippen molar-refractivity contribution in [3.63, 3.8) is 0 Å². The average molecular weight is 353 g/mol. The number of halogens is 1. The van der Waals surface area contributed by atoms with Gasteiger partial charge in [0.1, 0.15) is 0 Å². The Kier molecular flexibility index (Phi) is 6.27. The fourth-order valence-electron chi connectivity index (χ4n) is 3.11. The Morgan fingerprint density at radius 1 is 1.43 bits per heavy atom. The molecule has 2 atom stereocenters. The summed E-state index contributed by atoms with van der Waals surface area (Å²) in [5.41, 5.74) is 5.45. The highest BCUT2D eigenvalue weighted by molar-refractivity contribution is 7.89. The van der Waals surface area contributed by atoms with Gasteiger partial charge in [-0.3, -0.25) is 0 Å². The van der Waals surface area contributed by atoms with E-state index in [9.17, 15) is 8.42 Å². The fourth-order valence-corrected chi connectivity index (χ4v) is 6.20. The first kappa shape index (κ1) is 18.9. The molecule has 122 valence electrons. The van der Waals surface area contributed by atoms with E-state index in [2.05, 4.69) is 11.6 Å². The van der Waals surface area contributed by atoms with E-state index >= 15 is 0 Å². The highest BCUT2D eigenvalue weighted by atomic mass is 35.5. The van der Waals surface area contributed by atoms with Gasteiger partial charge >= 0.3 is 0 Å². The molecule has 0 aromatic carbocycles. The molecule has 1 aliphatic carbocycles. The van der Waals surface area contributed by atoms with E-state index in [1.165, 1.54) is 11.3 Å². The smallest absolute Gasteiger partial charge is 0.242 e. The molecule has 0 saturated heterocycles. The third-order valence-corrected chi connectivity index (χ3v) is 7.21. The van der Waals surface area contributed by atoms with Crippen LogP contribution in [0.15, 0.2) is 11.0 Å². The van der Waals surface area contributed by atoms with Crippen LogP contribution in [0.1, 0.15) is 42.4 Å². The van der Waals surface area contributed by atoms with Gasteiger partial charge in [-0.05, 0) is 38.7 Å². The molecule has 21 heavy (non-hydrogen) atoms. The number of nitrogens with one attached hydrogen (secondary N) is 1. The quantitative estimate of drug-likeness (QED) is 0.874. The molecule has 0 radical (unpaired) electrons. The van der Waals surface area contributed by atoms with Gasteiger partial charge in [0.15, 0.2) is 0 Å². The third-order valence-electron chi connectivity index (χ3n) is 4.44. The van der Waals surface area contributed by atoms with Gasteiger partial charge in [0.05, 0.1) is 4.90 Å². The van der Waals surface area contributed by atoms with Crippen LogP contribution in [0.25, 0.3) is 0 Å². The molecule has 7 heteroatoms. The van der Waals surface area contributed by atoms with E-state index < -0.39 is 15.6 Å². The molecule has 0 spiro atoms. The fraction of sp³-hybridized carbons (Fsp3) is 0.714. The summed E-state index contributed by atoms with van der Waals surface area (Å²) in [6.07, 6.45) is 4.04. The molecular weight excluding hydrogens is 328 g/mol. The number of sulfonamides is 1. The standard InChI is InChI=1S/C14H24N2O2S2.ClH/c1-10-6-4-5-7-14(10,9-15)16-20(17,18)13-8-11(2)19-12(13)3;/h8,10,16H,4-7,9,15H2,1-3H3;1H. The van der Waals surface area contributed by atoms with Gasteiger partial charge < -0.3 is 5.73 Å². The zero-order valence-electron chi connectivity index (χ0n) is 12.8. The van der Waals surface area contributed by atoms with Crippen LogP contribution in [0.4, 0.5) is 0 Å². The van der Waals surface area contributed by atoms with Crippen LogP contribution < -0.4 is 10.5 Å². The van der Waals surface area contributed by atoms with E-state index in [-0.39, 0.29) is 18.3 Å². The molecule has 1 heterocycles. The van der Waals surface area contributed by atoms with E-state index in [1.54, 1.807) is 6.07 Å². The van der Waals surface area contributed by atoms with Gasteiger partial charge in [0, 0.05) is 21.8 Å². The van der Waals surface area contributed by atoms with Crippen LogP contribution in [-0.4, -0.2) is 20.5 Å². The summed E-state index contributed by atoms with van der Waals surface area (Å²) in [6.45, 7) is 6.24. The van der Waals surface area contributed by atoms with Gasteiger partial charge in [-0.15, -0.1) is 23.7 Å². The molecule has 2 unspecified atom stereocenters. The van der Waals surface area contributed by atoms with Crippen molar-refractivity contribution in [3.8, 4) is 0 Å². The molecule has 4 nitrogen and oxygen atoms in total. The zero-order valence-corrected chi connectivity index (χ0v) is 15.3. The monoisotopic (exact) mass is 352 g/mol. The Morgan fingerprint density at radius 2 is 2.10 bits per heavy atom. The maximum absolute atomic E-state index is 12.7. The predicted molar refractivity (Wildman–Crippen MR) is 90.8 cm³/mol. The highest BCUT2D eigenvalue weighted by Crippen LogP contribution is 2.35. The molecule has 0 amide bonds. The minimum Gasteiger partial charge on any atom is -0.329 e. The van der Waals surface area contributed by atoms with Crippen molar-refractivity contribution in [2.45, 2.75) is 56.9 Å². The maximum atomic E-state index is 12.7. The molecule has 1 saturated carbocycles. The number of hydrogen-bond acceptors (Lipinski definition) is 4. The second kappa shape index (κ2) is 6.96. The average Bonchev–Trinajstić information content (AvgIpc) is 2.72. The van der Waals surface area contributed by atoms with Gasteiger partial charge in [-0.1, -0.05) is 19.8 Å². The summed E-state index contributed by atoms with van der Waals surface area (Å²) >= 11 is 1.52. The van der Waals surface area contributed by atoms with Gasteiger partial charge in [-0.25, -0.2) is 13.1 Å². The van der Waals surface area contributed by atoms with Crippen molar-refractivity contribution in [2.75, 3.05) is 6.54 Å². The minimum absolute atomic E-state index is 0. The summed E-state index contributed by atoms with van der Waals surface area (Å²) in [4.78, 5) is 2.26. The number of nitrogens with two attached hydrogens (primary N) is 1. The van der Waals surface area contributed by atoms with Gasteiger partial charge in [0.25, 0.3) is 0 Å². The summed E-state index contributed by atoms with van der Waals surface area (Å²) in [5.74, 6) is 0.274. The van der Waals surface area contributed by atoms with Crippen LogP contribution in [0.3, 0.4) is 0 Å². The Morgan fingerprint density at radius 3 is 2.57 bits per heavy atom. The molecule has 3 N–H and O–H groups in total. The summed E-state index contributed by atoms with van der Waals surface area (Å²) in [6, 6.07) is 1.75.